The smallest absolute Gasteiger partial charge is 0.255 e. The fraction of sp³-hybridized carbons (Fsp3) is 0.333. The normalized spacial score (nSPS) is 14.3. The molecule has 2 aromatic carbocycles. The fourth-order valence-electron chi connectivity index (χ4n) is 3.38. The van der Waals surface area contributed by atoms with Crippen molar-refractivity contribution in [3.63, 3.8) is 0 Å². The molecule has 0 saturated carbocycles. The lowest BCUT2D eigenvalue weighted by molar-refractivity contribution is 0.0725. The second-order valence-electron chi connectivity index (χ2n) is 6.93. The first-order valence-electron chi connectivity index (χ1n) is 9.68. The van der Waals surface area contributed by atoms with Gasteiger partial charge in [0.2, 0.25) is 10.0 Å². The molecule has 2 aromatic rings. The number of likely N-dealkylation sites (tertiary alicyclic amines) is 1. The Morgan fingerprint density at radius 1 is 1.03 bits per heavy atom. The summed E-state index contributed by atoms with van der Waals surface area (Å²) < 4.78 is 31.8. The second kappa shape index (κ2) is 9.27. The average Bonchev–Trinajstić information content (AvgIpc) is 2.79. The highest BCUT2D eigenvalue weighted by Gasteiger charge is 2.23. The Morgan fingerprint density at radius 3 is 2.40 bits per heavy atom. The molecule has 1 saturated heterocycles. The van der Waals surface area contributed by atoms with E-state index < -0.39 is 15.9 Å². The number of piperidine rings is 1. The van der Waals surface area contributed by atoms with Crippen molar-refractivity contribution in [1.29, 1.82) is 0 Å². The van der Waals surface area contributed by atoms with E-state index in [4.69, 9.17) is 4.74 Å². The van der Waals surface area contributed by atoms with Gasteiger partial charge in [-0.3, -0.25) is 9.59 Å². The van der Waals surface area contributed by atoms with Crippen LogP contribution in [0.15, 0.2) is 47.4 Å². The summed E-state index contributed by atoms with van der Waals surface area (Å²) in [5.41, 5.74) is 0.918. The van der Waals surface area contributed by atoms with Crippen LogP contribution in [0.2, 0.25) is 0 Å². The van der Waals surface area contributed by atoms with Crippen LogP contribution in [0.3, 0.4) is 0 Å². The molecule has 8 nitrogen and oxygen atoms in total. The Kier molecular flexibility index (Phi) is 6.73. The van der Waals surface area contributed by atoms with Crippen LogP contribution in [0.4, 0.5) is 5.69 Å². The number of methoxy groups -OCH3 is 1. The number of ether oxygens (including phenoxy) is 1. The molecule has 0 aromatic heterocycles. The molecular formula is C21H25N3O5S. The molecule has 1 fully saturated rings. The van der Waals surface area contributed by atoms with Gasteiger partial charge in [0, 0.05) is 18.7 Å². The van der Waals surface area contributed by atoms with Gasteiger partial charge in [-0.25, -0.2) is 13.1 Å². The van der Waals surface area contributed by atoms with Gasteiger partial charge in [-0.1, -0.05) is 12.1 Å². The molecule has 0 aliphatic carbocycles. The number of amides is 2. The summed E-state index contributed by atoms with van der Waals surface area (Å²) in [6, 6.07) is 10.9. The third-order valence-corrected chi connectivity index (χ3v) is 6.47. The van der Waals surface area contributed by atoms with Gasteiger partial charge in [0.25, 0.3) is 11.8 Å². The van der Waals surface area contributed by atoms with Crippen LogP contribution in [-0.2, 0) is 10.0 Å². The summed E-state index contributed by atoms with van der Waals surface area (Å²) >= 11 is 0. The average molecular weight is 432 g/mol. The van der Waals surface area contributed by atoms with E-state index in [0.29, 0.717) is 24.3 Å². The lowest BCUT2D eigenvalue weighted by Crippen LogP contribution is -2.36. The Hall–Kier alpha value is -2.91. The van der Waals surface area contributed by atoms with E-state index in [1.165, 1.54) is 32.4 Å². The number of carbonyl (C=O) groups is 2. The fourth-order valence-corrected chi connectivity index (χ4v) is 4.30. The molecule has 0 spiro atoms. The van der Waals surface area contributed by atoms with E-state index in [1.54, 1.807) is 29.2 Å². The van der Waals surface area contributed by atoms with Crippen LogP contribution in [0, 0.1) is 0 Å². The minimum Gasteiger partial charge on any atom is -0.495 e. The molecule has 30 heavy (non-hydrogen) atoms. The van der Waals surface area contributed by atoms with E-state index >= 15 is 0 Å². The number of hydrogen-bond acceptors (Lipinski definition) is 5. The van der Waals surface area contributed by atoms with E-state index in [9.17, 15) is 18.0 Å². The van der Waals surface area contributed by atoms with Gasteiger partial charge in [0.05, 0.1) is 18.4 Å². The number of nitrogens with zero attached hydrogens (tertiary/aromatic N) is 1. The van der Waals surface area contributed by atoms with Crippen LogP contribution < -0.4 is 14.8 Å². The summed E-state index contributed by atoms with van der Waals surface area (Å²) in [5, 5.41) is 2.74. The molecule has 0 radical (unpaired) electrons. The molecule has 1 aliphatic heterocycles. The third kappa shape index (κ3) is 4.63. The minimum absolute atomic E-state index is 0.126. The molecule has 160 valence electrons. The SMILES string of the molecule is CNS(=O)(=O)c1cc(C(=O)Nc2ccccc2C(=O)N2CCCCC2)ccc1OC. The van der Waals surface area contributed by atoms with Crippen LogP contribution >= 0.6 is 0 Å². The van der Waals surface area contributed by atoms with E-state index in [1.807, 2.05) is 0 Å². The molecule has 2 amide bonds. The van der Waals surface area contributed by atoms with Gasteiger partial charge in [-0.05, 0) is 56.6 Å². The highest BCUT2D eigenvalue weighted by Crippen LogP contribution is 2.26. The number of carbonyl (C=O) groups excluding carboxylic acids is 2. The van der Waals surface area contributed by atoms with Crippen LogP contribution in [0.1, 0.15) is 40.0 Å². The van der Waals surface area contributed by atoms with Gasteiger partial charge >= 0.3 is 0 Å². The van der Waals surface area contributed by atoms with E-state index in [0.717, 1.165) is 19.3 Å². The Labute approximate surface area is 176 Å². The highest BCUT2D eigenvalue weighted by atomic mass is 32.2. The molecule has 3 rings (SSSR count). The Morgan fingerprint density at radius 2 is 1.73 bits per heavy atom. The maximum atomic E-state index is 12.9. The second-order valence-corrected chi connectivity index (χ2v) is 8.78. The summed E-state index contributed by atoms with van der Waals surface area (Å²) in [5.74, 6) is -0.524. The number of sulfonamides is 1. The van der Waals surface area contributed by atoms with E-state index in [-0.39, 0.29) is 22.1 Å². The standard InChI is InChI=1S/C21H25N3O5S/c1-22-30(27,28)19-14-15(10-11-18(19)29-2)20(25)23-17-9-5-4-8-16(17)21(26)24-12-6-3-7-13-24/h4-5,8-11,14,22H,3,6-7,12-13H2,1-2H3,(H,23,25). The largest absolute Gasteiger partial charge is 0.495 e. The Bertz CT molecular complexity index is 1050. The van der Waals surface area contributed by atoms with Crippen molar-refractivity contribution >= 4 is 27.5 Å². The van der Waals surface area contributed by atoms with Crippen LogP contribution in [0.25, 0.3) is 0 Å². The van der Waals surface area contributed by atoms with E-state index in [2.05, 4.69) is 10.0 Å². The number of hydrogen-bond donors (Lipinski definition) is 2. The minimum atomic E-state index is -3.82. The maximum Gasteiger partial charge on any atom is 0.255 e. The molecule has 2 N–H and O–H groups in total. The number of nitrogens with one attached hydrogen (secondary N) is 2. The van der Waals surface area contributed by atoms with Gasteiger partial charge in [-0.2, -0.15) is 0 Å². The number of para-hydroxylation sites is 1. The predicted octanol–water partition coefficient (Wildman–Crippen LogP) is 2.48. The van der Waals surface area contributed by atoms with Crippen molar-refractivity contribution in [2.75, 3.05) is 32.6 Å². The van der Waals surface area contributed by atoms with Crippen LogP contribution in [-0.4, -0.2) is 52.4 Å². The first-order chi connectivity index (χ1) is 14.4. The summed E-state index contributed by atoms with van der Waals surface area (Å²) in [7, 11) is -1.19. The molecule has 0 atom stereocenters. The molecule has 1 heterocycles. The van der Waals surface area contributed by atoms with Gasteiger partial charge in [-0.15, -0.1) is 0 Å². The first-order valence-corrected chi connectivity index (χ1v) is 11.2. The number of benzene rings is 2. The summed E-state index contributed by atoms with van der Waals surface area (Å²) in [6.07, 6.45) is 3.04. The quantitative estimate of drug-likeness (QED) is 0.731. The third-order valence-electron chi connectivity index (χ3n) is 5.03. The zero-order valence-corrected chi connectivity index (χ0v) is 17.8. The van der Waals surface area contributed by atoms with Crippen molar-refractivity contribution in [2.45, 2.75) is 24.2 Å². The Balaban J connectivity index is 1.88. The maximum absolute atomic E-state index is 12.9. The molecule has 0 unspecified atom stereocenters. The topological polar surface area (TPSA) is 105 Å². The van der Waals surface area contributed by atoms with Crippen LogP contribution in [0.5, 0.6) is 5.75 Å². The number of anilines is 1. The number of rotatable bonds is 6. The zero-order chi connectivity index (χ0) is 21.7. The van der Waals surface area contributed by atoms with Gasteiger partial charge in [0.1, 0.15) is 10.6 Å². The zero-order valence-electron chi connectivity index (χ0n) is 17.0. The van der Waals surface area contributed by atoms with Crippen molar-refractivity contribution in [3.8, 4) is 5.75 Å². The molecular weight excluding hydrogens is 406 g/mol. The monoisotopic (exact) mass is 431 g/mol. The van der Waals surface area contributed by atoms with Crippen molar-refractivity contribution in [2.24, 2.45) is 0 Å². The van der Waals surface area contributed by atoms with Crippen molar-refractivity contribution < 1.29 is 22.7 Å². The lowest BCUT2D eigenvalue weighted by atomic mass is 10.1. The van der Waals surface area contributed by atoms with Gasteiger partial charge in [0.15, 0.2) is 0 Å². The molecule has 1 aliphatic rings. The summed E-state index contributed by atoms with van der Waals surface area (Å²) in [4.78, 5) is 27.4. The molecule has 0 bridgehead atoms. The predicted molar refractivity (Wildman–Crippen MR) is 113 cm³/mol. The van der Waals surface area contributed by atoms with Crippen molar-refractivity contribution in [3.05, 3.63) is 53.6 Å². The highest BCUT2D eigenvalue weighted by molar-refractivity contribution is 7.89. The summed E-state index contributed by atoms with van der Waals surface area (Å²) in [6.45, 7) is 1.40. The van der Waals surface area contributed by atoms with Gasteiger partial charge < -0.3 is 15.0 Å². The van der Waals surface area contributed by atoms with Crippen molar-refractivity contribution in [1.82, 2.24) is 9.62 Å². The molecule has 9 heteroatoms. The lowest BCUT2D eigenvalue weighted by Gasteiger charge is -2.27. The first kappa shape index (κ1) is 21.8.